The second-order valence-corrected chi connectivity index (χ2v) is 2.92. The van der Waals surface area contributed by atoms with Crippen molar-refractivity contribution in [2.24, 2.45) is 0 Å². The minimum atomic E-state index is -2.72. The van der Waals surface area contributed by atoms with Crippen LogP contribution in [0.1, 0.15) is 17.7 Å². The second kappa shape index (κ2) is 4.20. The molecule has 3 nitrogen and oxygen atoms in total. The van der Waals surface area contributed by atoms with Gasteiger partial charge < -0.3 is 5.73 Å². The monoisotopic (exact) mass is 217 g/mol. The van der Waals surface area contributed by atoms with Crippen LogP contribution in [0.4, 0.5) is 14.6 Å². The number of nitrogen functional groups attached to an aromatic ring is 1. The van der Waals surface area contributed by atoms with Crippen LogP contribution >= 0.6 is 11.6 Å². The Balaban J connectivity index is 3.22. The highest BCUT2D eigenvalue weighted by atomic mass is 35.5. The molecule has 0 atom stereocenters. The SMILES string of the molecule is N#CCc1cc(C(F)F)nc(N)c1Cl. The topological polar surface area (TPSA) is 62.7 Å². The molecular weight excluding hydrogens is 212 g/mol. The van der Waals surface area contributed by atoms with Gasteiger partial charge in [-0.25, -0.2) is 13.8 Å². The molecule has 0 aliphatic carbocycles. The smallest absolute Gasteiger partial charge is 0.280 e. The zero-order chi connectivity index (χ0) is 10.7. The van der Waals surface area contributed by atoms with Gasteiger partial charge in [-0.2, -0.15) is 5.26 Å². The Hall–Kier alpha value is -1.41. The Kier molecular flexibility index (Phi) is 3.20. The van der Waals surface area contributed by atoms with Gasteiger partial charge in [-0.15, -0.1) is 0 Å². The first-order chi connectivity index (χ1) is 6.56. The van der Waals surface area contributed by atoms with Crippen molar-refractivity contribution < 1.29 is 8.78 Å². The Morgan fingerprint density at radius 3 is 2.79 bits per heavy atom. The minimum Gasteiger partial charge on any atom is -0.382 e. The van der Waals surface area contributed by atoms with Crippen LogP contribution in [0.25, 0.3) is 0 Å². The number of rotatable bonds is 2. The highest BCUT2D eigenvalue weighted by Crippen LogP contribution is 2.27. The summed E-state index contributed by atoms with van der Waals surface area (Å²) in [6.45, 7) is 0. The number of nitrogens with zero attached hydrogens (tertiary/aromatic N) is 2. The third kappa shape index (κ3) is 2.09. The van der Waals surface area contributed by atoms with Gasteiger partial charge in [0, 0.05) is 0 Å². The molecule has 0 aliphatic rings. The summed E-state index contributed by atoms with van der Waals surface area (Å²) in [6.07, 6.45) is -2.78. The van der Waals surface area contributed by atoms with Gasteiger partial charge in [0.25, 0.3) is 6.43 Å². The lowest BCUT2D eigenvalue weighted by Gasteiger charge is -2.06. The largest absolute Gasteiger partial charge is 0.382 e. The molecule has 14 heavy (non-hydrogen) atoms. The van der Waals surface area contributed by atoms with Crippen molar-refractivity contribution in [1.82, 2.24) is 4.98 Å². The van der Waals surface area contributed by atoms with Crippen LogP contribution < -0.4 is 5.73 Å². The summed E-state index contributed by atoms with van der Waals surface area (Å²) in [4.78, 5) is 3.40. The molecule has 0 spiro atoms. The van der Waals surface area contributed by atoms with Gasteiger partial charge in [-0.3, -0.25) is 0 Å². The molecule has 0 aromatic carbocycles. The minimum absolute atomic E-state index is 0.0642. The lowest BCUT2D eigenvalue weighted by molar-refractivity contribution is 0.146. The molecule has 0 unspecified atom stereocenters. The van der Waals surface area contributed by atoms with Crippen molar-refractivity contribution in [2.75, 3.05) is 5.73 Å². The van der Waals surface area contributed by atoms with Crippen molar-refractivity contribution in [3.8, 4) is 6.07 Å². The molecule has 1 heterocycles. The first-order valence-electron chi connectivity index (χ1n) is 3.66. The molecule has 0 amide bonds. The Morgan fingerprint density at radius 1 is 1.64 bits per heavy atom. The zero-order valence-corrected chi connectivity index (χ0v) is 7.72. The van der Waals surface area contributed by atoms with Crippen LogP contribution in [-0.4, -0.2) is 4.98 Å². The highest BCUT2D eigenvalue weighted by Gasteiger charge is 2.14. The third-order valence-corrected chi connectivity index (χ3v) is 2.01. The van der Waals surface area contributed by atoms with E-state index in [0.717, 1.165) is 6.07 Å². The number of aromatic nitrogens is 1. The molecule has 0 bridgehead atoms. The first-order valence-corrected chi connectivity index (χ1v) is 4.04. The average molecular weight is 218 g/mol. The van der Waals surface area contributed by atoms with E-state index in [1.165, 1.54) is 0 Å². The van der Waals surface area contributed by atoms with Crippen LogP contribution in [0.5, 0.6) is 0 Å². The average Bonchev–Trinajstić information content (AvgIpc) is 2.12. The highest BCUT2D eigenvalue weighted by molar-refractivity contribution is 6.33. The fourth-order valence-electron chi connectivity index (χ4n) is 0.952. The predicted molar refractivity (Wildman–Crippen MR) is 47.9 cm³/mol. The van der Waals surface area contributed by atoms with E-state index in [1.54, 1.807) is 6.07 Å². The third-order valence-electron chi connectivity index (χ3n) is 1.57. The molecule has 0 fully saturated rings. The summed E-state index contributed by atoms with van der Waals surface area (Å²) in [5, 5.41) is 8.47. The predicted octanol–water partition coefficient (Wildman–Crippen LogP) is 2.32. The standard InChI is InChI=1S/C8H6ClF2N3/c9-6-4(1-2-12)3-5(7(10)11)14-8(6)13/h3,7H,1H2,(H2,13,14). The maximum Gasteiger partial charge on any atom is 0.280 e. The van der Waals surface area contributed by atoms with Gasteiger partial charge in [-0.1, -0.05) is 11.6 Å². The lowest BCUT2D eigenvalue weighted by atomic mass is 10.1. The number of alkyl halides is 2. The van der Waals surface area contributed by atoms with E-state index >= 15 is 0 Å². The molecule has 74 valence electrons. The number of hydrogen-bond donors (Lipinski definition) is 1. The Labute approximate surface area is 84.1 Å². The van der Waals surface area contributed by atoms with E-state index in [2.05, 4.69) is 4.98 Å². The van der Waals surface area contributed by atoms with Gasteiger partial charge in [0.05, 0.1) is 17.5 Å². The quantitative estimate of drug-likeness (QED) is 0.827. The Bertz CT molecular complexity index is 387. The van der Waals surface area contributed by atoms with Crippen molar-refractivity contribution in [2.45, 2.75) is 12.8 Å². The summed E-state index contributed by atoms with van der Waals surface area (Å²) < 4.78 is 24.5. The number of nitrogens with two attached hydrogens (primary N) is 1. The first kappa shape index (κ1) is 10.7. The molecule has 2 N–H and O–H groups in total. The molecule has 1 aromatic rings. The van der Waals surface area contributed by atoms with Gasteiger partial charge in [0.1, 0.15) is 11.5 Å². The van der Waals surface area contributed by atoms with Gasteiger partial charge >= 0.3 is 0 Å². The maximum atomic E-state index is 12.3. The van der Waals surface area contributed by atoms with Gasteiger partial charge in [0.15, 0.2) is 0 Å². The lowest BCUT2D eigenvalue weighted by Crippen LogP contribution is -2.00. The van der Waals surface area contributed by atoms with E-state index in [9.17, 15) is 8.78 Å². The van der Waals surface area contributed by atoms with E-state index in [-0.39, 0.29) is 22.8 Å². The number of anilines is 1. The number of hydrogen-bond acceptors (Lipinski definition) is 3. The van der Waals surface area contributed by atoms with Crippen molar-refractivity contribution in [1.29, 1.82) is 5.26 Å². The summed E-state index contributed by atoms with van der Waals surface area (Å²) in [7, 11) is 0. The number of nitriles is 1. The zero-order valence-electron chi connectivity index (χ0n) is 6.97. The van der Waals surface area contributed by atoms with Gasteiger partial charge in [-0.05, 0) is 11.6 Å². The Morgan fingerprint density at radius 2 is 2.29 bits per heavy atom. The van der Waals surface area contributed by atoms with Crippen LogP contribution in [0.15, 0.2) is 6.07 Å². The number of pyridine rings is 1. The van der Waals surface area contributed by atoms with Crippen LogP contribution in [-0.2, 0) is 6.42 Å². The fourth-order valence-corrected chi connectivity index (χ4v) is 1.12. The van der Waals surface area contributed by atoms with Crippen molar-refractivity contribution in [3.05, 3.63) is 22.3 Å². The second-order valence-electron chi connectivity index (χ2n) is 2.54. The molecular formula is C8H6ClF2N3. The van der Waals surface area contributed by atoms with E-state index < -0.39 is 12.1 Å². The normalized spacial score (nSPS) is 10.2. The van der Waals surface area contributed by atoms with Crippen LogP contribution in [0, 0.1) is 11.3 Å². The molecule has 6 heteroatoms. The van der Waals surface area contributed by atoms with E-state index in [4.69, 9.17) is 22.6 Å². The molecule has 1 aromatic heterocycles. The fraction of sp³-hybridized carbons (Fsp3) is 0.250. The van der Waals surface area contributed by atoms with Gasteiger partial charge in [0.2, 0.25) is 0 Å². The molecule has 0 saturated heterocycles. The molecule has 0 saturated carbocycles. The van der Waals surface area contributed by atoms with Crippen LogP contribution in [0.2, 0.25) is 5.02 Å². The number of halogens is 3. The van der Waals surface area contributed by atoms with Crippen molar-refractivity contribution in [3.63, 3.8) is 0 Å². The van der Waals surface area contributed by atoms with E-state index in [0.29, 0.717) is 0 Å². The summed E-state index contributed by atoms with van der Waals surface area (Å²) in [6, 6.07) is 2.90. The van der Waals surface area contributed by atoms with E-state index in [1.807, 2.05) is 0 Å². The molecule has 0 aliphatic heterocycles. The van der Waals surface area contributed by atoms with Crippen LogP contribution in [0.3, 0.4) is 0 Å². The maximum absolute atomic E-state index is 12.3. The summed E-state index contributed by atoms with van der Waals surface area (Å²) in [5.41, 5.74) is 5.12. The molecule has 1 rings (SSSR count). The summed E-state index contributed by atoms with van der Waals surface area (Å²) in [5.74, 6) is -0.172. The molecule has 0 radical (unpaired) electrons. The summed E-state index contributed by atoms with van der Waals surface area (Å²) >= 11 is 5.67. The van der Waals surface area contributed by atoms with Crippen molar-refractivity contribution >= 4 is 17.4 Å².